The van der Waals surface area contributed by atoms with Crippen LogP contribution in [0.4, 0.5) is 0 Å². The van der Waals surface area contributed by atoms with Crippen molar-refractivity contribution in [3.05, 3.63) is 0 Å². The highest BCUT2D eigenvalue weighted by molar-refractivity contribution is 5.71. The number of methoxy groups -OCH3 is 1. The Morgan fingerprint density at radius 3 is 2.25 bits per heavy atom. The van der Waals surface area contributed by atoms with E-state index >= 15 is 0 Å². The number of rotatable bonds is 5. The van der Waals surface area contributed by atoms with Crippen LogP contribution >= 0.6 is 0 Å². The second kappa shape index (κ2) is 6.00. The molecule has 0 aromatic carbocycles. The van der Waals surface area contributed by atoms with Crippen LogP contribution in [0.1, 0.15) is 20.8 Å². The van der Waals surface area contributed by atoms with Gasteiger partial charge in [0, 0.05) is 13.0 Å². The molecule has 0 aliphatic heterocycles. The van der Waals surface area contributed by atoms with Crippen LogP contribution in [0.2, 0.25) is 0 Å². The zero-order valence-corrected chi connectivity index (χ0v) is 8.29. The summed E-state index contributed by atoms with van der Waals surface area (Å²) < 4.78 is 9.90. The minimum absolute atomic E-state index is 0.0419. The van der Waals surface area contributed by atoms with Crippen molar-refractivity contribution in [1.82, 2.24) is 0 Å². The van der Waals surface area contributed by atoms with Crippen molar-refractivity contribution >= 4 is 5.97 Å². The number of carbonyl (C=O) groups is 1. The van der Waals surface area contributed by atoms with Crippen LogP contribution < -0.4 is 0 Å². The van der Waals surface area contributed by atoms with E-state index in [0.717, 1.165) is 0 Å². The first kappa shape index (κ1) is 11.4. The van der Waals surface area contributed by atoms with Gasteiger partial charge in [-0.3, -0.25) is 4.79 Å². The van der Waals surface area contributed by atoms with Crippen LogP contribution in [-0.4, -0.2) is 26.3 Å². The SMILES string of the molecule is COCC(C)COC(=O)C(C)C. The highest BCUT2D eigenvalue weighted by atomic mass is 16.5. The average Bonchev–Trinajstić information content (AvgIpc) is 2.00. The highest BCUT2D eigenvalue weighted by Gasteiger charge is 2.10. The van der Waals surface area contributed by atoms with E-state index in [2.05, 4.69) is 0 Å². The second-order valence-corrected chi connectivity index (χ2v) is 3.35. The molecule has 12 heavy (non-hydrogen) atoms. The Morgan fingerprint density at radius 2 is 1.83 bits per heavy atom. The monoisotopic (exact) mass is 174 g/mol. The minimum atomic E-state index is -0.141. The normalized spacial score (nSPS) is 13.1. The fraction of sp³-hybridized carbons (Fsp3) is 0.889. The topological polar surface area (TPSA) is 35.5 Å². The van der Waals surface area contributed by atoms with Crippen LogP contribution in [-0.2, 0) is 14.3 Å². The predicted molar refractivity (Wildman–Crippen MR) is 46.8 cm³/mol. The fourth-order valence-corrected chi connectivity index (χ4v) is 0.724. The van der Waals surface area contributed by atoms with Crippen molar-refractivity contribution in [3.63, 3.8) is 0 Å². The third-order valence-corrected chi connectivity index (χ3v) is 1.43. The molecule has 0 spiro atoms. The molecule has 3 heteroatoms. The number of ether oxygens (including phenoxy) is 2. The molecular formula is C9H18O3. The maximum atomic E-state index is 11.0. The van der Waals surface area contributed by atoms with Gasteiger partial charge in [0.25, 0.3) is 0 Å². The molecule has 0 amide bonds. The van der Waals surface area contributed by atoms with Gasteiger partial charge in [-0.05, 0) is 0 Å². The molecule has 0 aromatic heterocycles. The quantitative estimate of drug-likeness (QED) is 0.592. The van der Waals surface area contributed by atoms with Gasteiger partial charge in [-0.25, -0.2) is 0 Å². The van der Waals surface area contributed by atoms with Crippen LogP contribution in [0.15, 0.2) is 0 Å². The van der Waals surface area contributed by atoms with Gasteiger partial charge in [-0.15, -0.1) is 0 Å². The predicted octanol–water partition coefficient (Wildman–Crippen LogP) is 1.47. The van der Waals surface area contributed by atoms with Crippen molar-refractivity contribution < 1.29 is 14.3 Å². The molecule has 1 atom stereocenters. The van der Waals surface area contributed by atoms with Gasteiger partial charge < -0.3 is 9.47 Å². The first-order valence-electron chi connectivity index (χ1n) is 4.23. The molecule has 0 radical (unpaired) electrons. The summed E-state index contributed by atoms with van der Waals surface area (Å²) in [4.78, 5) is 11.0. The summed E-state index contributed by atoms with van der Waals surface area (Å²) in [6.45, 7) is 6.71. The van der Waals surface area contributed by atoms with Crippen molar-refractivity contribution in [2.24, 2.45) is 11.8 Å². The van der Waals surface area contributed by atoms with E-state index in [-0.39, 0.29) is 17.8 Å². The van der Waals surface area contributed by atoms with E-state index in [1.807, 2.05) is 20.8 Å². The lowest BCUT2D eigenvalue weighted by Crippen LogP contribution is -2.18. The van der Waals surface area contributed by atoms with Crippen molar-refractivity contribution in [2.75, 3.05) is 20.3 Å². The molecule has 0 saturated heterocycles. The molecule has 3 nitrogen and oxygen atoms in total. The van der Waals surface area contributed by atoms with Gasteiger partial charge >= 0.3 is 5.97 Å². The van der Waals surface area contributed by atoms with Crippen LogP contribution in [0.3, 0.4) is 0 Å². The van der Waals surface area contributed by atoms with E-state index in [1.165, 1.54) is 0 Å². The lowest BCUT2D eigenvalue weighted by Gasteiger charge is -2.11. The Labute approximate surface area is 74.0 Å². The van der Waals surface area contributed by atoms with E-state index in [0.29, 0.717) is 13.2 Å². The molecule has 0 fully saturated rings. The van der Waals surface area contributed by atoms with Gasteiger partial charge in [0.05, 0.1) is 19.1 Å². The smallest absolute Gasteiger partial charge is 0.308 e. The molecule has 1 unspecified atom stereocenters. The molecule has 0 heterocycles. The van der Waals surface area contributed by atoms with E-state index in [4.69, 9.17) is 9.47 Å². The van der Waals surface area contributed by atoms with Gasteiger partial charge in [0.2, 0.25) is 0 Å². The van der Waals surface area contributed by atoms with Crippen molar-refractivity contribution in [2.45, 2.75) is 20.8 Å². The third kappa shape index (κ3) is 5.13. The van der Waals surface area contributed by atoms with Crippen LogP contribution in [0.25, 0.3) is 0 Å². The summed E-state index contributed by atoms with van der Waals surface area (Å²) in [6.07, 6.45) is 0. The number of carbonyl (C=O) groups excluding carboxylic acids is 1. The first-order chi connectivity index (χ1) is 5.57. The van der Waals surface area contributed by atoms with E-state index in [9.17, 15) is 4.79 Å². The Morgan fingerprint density at radius 1 is 1.25 bits per heavy atom. The molecule has 0 saturated carbocycles. The summed E-state index contributed by atoms with van der Waals surface area (Å²) in [6, 6.07) is 0. The Kier molecular flexibility index (Phi) is 5.72. The number of hydrogen-bond acceptors (Lipinski definition) is 3. The molecule has 0 rings (SSSR count). The van der Waals surface area contributed by atoms with Crippen LogP contribution in [0.5, 0.6) is 0 Å². The molecule has 0 bridgehead atoms. The standard InChI is InChI=1S/C9H18O3/c1-7(2)9(10)12-6-8(3)5-11-4/h7-8H,5-6H2,1-4H3. The maximum Gasteiger partial charge on any atom is 0.308 e. The molecule has 0 aliphatic rings. The first-order valence-corrected chi connectivity index (χ1v) is 4.23. The Hall–Kier alpha value is -0.570. The third-order valence-electron chi connectivity index (χ3n) is 1.43. The summed E-state index contributed by atoms with van der Waals surface area (Å²) in [5.41, 5.74) is 0. The van der Waals surface area contributed by atoms with Gasteiger partial charge in [0.15, 0.2) is 0 Å². The van der Waals surface area contributed by atoms with E-state index in [1.54, 1.807) is 7.11 Å². The Balaban J connectivity index is 3.47. The summed E-state index contributed by atoms with van der Waals surface area (Å²) in [5, 5.41) is 0. The molecular weight excluding hydrogens is 156 g/mol. The van der Waals surface area contributed by atoms with E-state index < -0.39 is 0 Å². The summed E-state index contributed by atoms with van der Waals surface area (Å²) >= 11 is 0. The molecule has 72 valence electrons. The van der Waals surface area contributed by atoms with Gasteiger partial charge in [0.1, 0.15) is 0 Å². The van der Waals surface area contributed by atoms with Crippen LogP contribution in [0, 0.1) is 11.8 Å². The maximum absolute atomic E-state index is 11.0. The van der Waals surface area contributed by atoms with Crippen molar-refractivity contribution in [1.29, 1.82) is 0 Å². The number of esters is 1. The zero-order valence-electron chi connectivity index (χ0n) is 8.29. The lowest BCUT2D eigenvalue weighted by atomic mass is 10.2. The highest BCUT2D eigenvalue weighted by Crippen LogP contribution is 2.00. The van der Waals surface area contributed by atoms with Gasteiger partial charge in [-0.2, -0.15) is 0 Å². The van der Waals surface area contributed by atoms with Crippen molar-refractivity contribution in [3.8, 4) is 0 Å². The average molecular weight is 174 g/mol. The largest absolute Gasteiger partial charge is 0.465 e. The minimum Gasteiger partial charge on any atom is -0.465 e. The lowest BCUT2D eigenvalue weighted by molar-refractivity contribution is -0.149. The molecule has 0 aliphatic carbocycles. The fourth-order valence-electron chi connectivity index (χ4n) is 0.724. The molecule has 0 N–H and O–H groups in total. The zero-order chi connectivity index (χ0) is 9.56. The second-order valence-electron chi connectivity index (χ2n) is 3.35. The Bertz CT molecular complexity index is 132. The number of hydrogen-bond donors (Lipinski definition) is 0. The molecule has 0 aromatic rings. The van der Waals surface area contributed by atoms with Gasteiger partial charge in [-0.1, -0.05) is 20.8 Å². The summed E-state index contributed by atoms with van der Waals surface area (Å²) in [5.74, 6) is 0.0930. The summed E-state index contributed by atoms with van der Waals surface area (Å²) in [7, 11) is 1.64.